The van der Waals surface area contributed by atoms with Crippen molar-refractivity contribution in [1.82, 2.24) is 9.21 Å². The average molecular weight is 364 g/mol. The van der Waals surface area contributed by atoms with E-state index in [9.17, 15) is 13.2 Å². The predicted molar refractivity (Wildman–Crippen MR) is 94.5 cm³/mol. The molecular weight excluding hydrogens is 340 g/mol. The Morgan fingerprint density at radius 2 is 1.84 bits per heavy atom. The van der Waals surface area contributed by atoms with Crippen molar-refractivity contribution in [2.45, 2.75) is 56.7 Å². The molecule has 136 valence electrons. The van der Waals surface area contributed by atoms with Crippen LogP contribution < -0.4 is 0 Å². The Morgan fingerprint density at radius 3 is 2.44 bits per heavy atom. The molecule has 2 atom stereocenters. The second-order valence-corrected chi connectivity index (χ2v) is 9.41. The maximum Gasteiger partial charge on any atom is 0.411 e. The van der Waals surface area contributed by atoms with Crippen molar-refractivity contribution in [2.75, 3.05) is 6.67 Å². The molecule has 1 aromatic carbocycles. The maximum absolute atomic E-state index is 13.1. The number of aryl methyl sites for hydroxylation is 1. The molecule has 1 saturated heterocycles. The minimum atomic E-state index is -3.69. The fourth-order valence-corrected chi connectivity index (χ4v) is 4.73. The van der Waals surface area contributed by atoms with Gasteiger partial charge < -0.3 is 4.74 Å². The largest absolute Gasteiger partial charge is 0.444 e. The first kappa shape index (κ1) is 17.9. The molecule has 0 spiro atoms. The molecule has 1 amide bonds. The second kappa shape index (κ2) is 6.14. The van der Waals surface area contributed by atoms with Crippen molar-refractivity contribution in [3.63, 3.8) is 0 Å². The number of hydrogen-bond acceptors (Lipinski definition) is 4. The highest BCUT2D eigenvalue weighted by molar-refractivity contribution is 7.89. The van der Waals surface area contributed by atoms with Crippen LogP contribution in [-0.4, -0.2) is 48.1 Å². The third-order valence-corrected chi connectivity index (χ3v) is 6.23. The van der Waals surface area contributed by atoms with Crippen LogP contribution >= 0.6 is 0 Å². The SMILES string of the molecule is Cc1ccc(S(=O)(=O)N2CN(C(=O)OC(C)(C)C)[C@@H]3CC=C[C@@H]32)cc1. The number of amides is 1. The fraction of sp³-hybridized carbons (Fsp3) is 0.500. The molecule has 0 aromatic heterocycles. The number of fused-ring (bicyclic) bond motifs is 1. The summed E-state index contributed by atoms with van der Waals surface area (Å²) in [5.74, 6) is 0. The zero-order chi connectivity index (χ0) is 18.4. The Morgan fingerprint density at radius 1 is 1.20 bits per heavy atom. The summed E-state index contributed by atoms with van der Waals surface area (Å²) in [6, 6.07) is 6.20. The lowest BCUT2D eigenvalue weighted by molar-refractivity contribution is 0.0219. The van der Waals surface area contributed by atoms with Gasteiger partial charge in [0.2, 0.25) is 10.0 Å². The molecule has 0 radical (unpaired) electrons. The predicted octanol–water partition coefficient (Wildman–Crippen LogP) is 2.89. The monoisotopic (exact) mass is 364 g/mol. The molecule has 0 saturated carbocycles. The number of rotatable bonds is 2. The Labute approximate surface area is 149 Å². The highest BCUT2D eigenvalue weighted by Gasteiger charge is 2.49. The minimum Gasteiger partial charge on any atom is -0.444 e. The van der Waals surface area contributed by atoms with Gasteiger partial charge in [0.1, 0.15) is 5.60 Å². The molecule has 0 bridgehead atoms. The Bertz CT molecular complexity index is 793. The lowest BCUT2D eigenvalue weighted by atomic mass is 10.2. The summed E-state index contributed by atoms with van der Waals surface area (Å²) in [7, 11) is -3.69. The van der Waals surface area contributed by atoms with Gasteiger partial charge in [-0.15, -0.1) is 0 Å². The summed E-state index contributed by atoms with van der Waals surface area (Å²) in [6.45, 7) is 7.31. The lowest BCUT2D eigenvalue weighted by Crippen LogP contribution is -2.41. The number of carbonyl (C=O) groups is 1. The zero-order valence-electron chi connectivity index (χ0n) is 15.0. The molecule has 1 aliphatic heterocycles. The van der Waals surface area contributed by atoms with Gasteiger partial charge in [0, 0.05) is 0 Å². The van der Waals surface area contributed by atoms with Crippen LogP contribution in [0.3, 0.4) is 0 Å². The Kier molecular flexibility index (Phi) is 4.41. The van der Waals surface area contributed by atoms with E-state index >= 15 is 0 Å². The molecule has 0 N–H and O–H groups in total. The Balaban J connectivity index is 1.89. The molecule has 1 aliphatic carbocycles. The summed E-state index contributed by atoms with van der Waals surface area (Å²) in [5, 5.41) is 0. The normalized spacial score (nSPS) is 23.8. The van der Waals surface area contributed by atoms with Gasteiger partial charge in [-0.2, -0.15) is 4.31 Å². The first-order valence-corrected chi connectivity index (χ1v) is 9.78. The third-order valence-electron chi connectivity index (χ3n) is 4.39. The van der Waals surface area contributed by atoms with Crippen molar-refractivity contribution in [3.05, 3.63) is 42.0 Å². The Hall–Kier alpha value is -1.86. The van der Waals surface area contributed by atoms with Gasteiger partial charge in [0.25, 0.3) is 0 Å². The molecule has 25 heavy (non-hydrogen) atoms. The number of hydrogen-bond donors (Lipinski definition) is 0. The van der Waals surface area contributed by atoms with Crippen LogP contribution in [0.1, 0.15) is 32.8 Å². The van der Waals surface area contributed by atoms with Gasteiger partial charge >= 0.3 is 6.09 Å². The minimum absolute atomic E-state index is 0.00476. The van der Waals surface area contributed by atoms with Gasteiger partial charge in [-0.05, 0) is 46.2 Å². The molecule has 2 aliphatic rings. The standard InChI is InChI=1S/C18H24N2O4S/c1-13-8-10-14(11-9-13)25(22,23)20-12-19(15-6-5-7-16(15)20)17(21)24-18(2,3)4/h5,7-11,15-16H,6,12H2,1-4H3/t15-,16+/m1/s1. The van der Waals surface area contributed by atoms with E-state index in [1.165, 1.54) is 9.21 Å². The summed E-state index contributed by atoms with van der Waals surface area (Å²) in [5.41, 5.74) is 0.372. The smallest absolute Gasteiger partial charge is 0.411 e. The first-order valence-electron chi connectivity index (χ1n) is 8.34. The van der Waals surface area contributed by atoms with Crippen molar-refractivity contribution >= 4 is 16.1 Å². The molecular formula is C18H24N2O4S. The van der Waals surface area contributed by atoms with Crippen LogP contribution in [0, 0.1) is 6.92 Å². The molecule has 1 aromatic rings. The van der Waals surface area contributed by atoms with Gasteiger partial charge in [0.05, 0.1) is 23.6 Å². The van der Waals surface area contributed by atoms with Crippen LogP contribution in [0.2, 0.25) is 0 Å². The van der Waals surface area contributed by atoms with Crippen LogP contribution in [0.25, 0.3) is 0 Å². The highest BCUT2D eigenvalue weighted by Crippen LogP contribution is 2.34. The van der Waals surface area contributed by atoms with Gasteiger partial charge in [0.15, 0.2) is 0 Å². The van der Waals surface area contributed by atoms with Gasteiger partial charge in [-0.3, -0.25) is 4.90 Å². The molecule has 6 nitrogen and oxygen atoms in total. The van der Waals surface area contributed by atoms with E-state index in [0.29, 0.717) is 6.42 Å². The summed E-state index contributed by atoms with van der Waals surface area (Å²) < 4.78 is 32.9. The first-order chi connectivity index (χ1) is 11.6. The maximum atomic E-state index is 13.1. The number of ether oxygens (including phenoxy) is 1. The second-order valence-electron chi connectivity index (χ2n) is 7.52. The van der Waals surface area contributed by atoms with Crippen molar-refractivity contribution < 1.29 is 17.9 Å². The average Bonchev–Trinajstić information content (AvgIpc) is 3.07. The van der Waals surface area contributed by atoms with Crippen LogP contribution in [0.5, 0.6) is 0 Å². The number of carbonyl (C=O) groups excluding carboxylic acids is 1. The third kappa shape index (κ3) is 3.43. The van der Waals surface area contributed by atoms with E-state index in [1.807, 2.05) is 19.1 Å². The van der Waals surface area contributed by atoms with E-state index in [-0.39, 0.29) is 23.6 Å². The van der Waals surface area contributed by atoms with E-state index in [4.69, 9.17) is 4.74 Å². The number of benzene rings is 1. The van der Waals surface area contributed by atoms with E-state index in [0.717, 1.165) is 5.56 Å². The number of sulfonamides is 1. The van der Waals surface area contributed by atoms with E-state index in [2.05, 4.69) is 0 Å². The molecule has 1 heterocycles. The van der Waals surface area contributed by atoms with Gasteiger partial charge in [-0.1, -0.05) is 29.8 Å². The lowest BCUT2D eigenvalue weighted by Gasteiger charge is -2.27. The van der Waals surface area contributed by atoms with Crippen molar-refractivity contribution in [2.24, 2.45) is 0 Å². The topological polar surface area (TPSA) is 66.9 Å². The summed E-state index contributed by atoms with van der Waals surface area (Å²) >= 11 is 0. The molecule has 1 fully saturated rings. The summed E-state index contributed by atoms with van der Waals surface area (Å²) in [6.07, 6.45) is 3.93. The number of nitrogens with zero attached hydrogens (tertiary/aromatic N) is 2. The van der Waals surface area contributed by atoms with Gasteiger partial charge in [-0.25, -0.2) is 13.2 Å². The zero-order valence-corrected chi connectivity index (χ0v) is 15.8. The van der Waals surface area contributed by atoms with E-state index in [1.54, 1.807) is 45.0 Å². The van der Waals surface area contributed by atoms with Crippen molar-refractivity contribution in [3.8, 4) is 0 Å². The van der Waals surface area contributed by atoms with Crippen LogP contribution in [0.15, 0.2) is 41.3 Å². The fourth-order valence-electron chi connectivity index (χ4n) is 3.17. The summed E-state index contributed by atoms with van der Waals surface area (Å²) in [4.78, 5) is 14.3. The van der Waals surface area contributed by atoms with Crippen molar-refractivity contribution in [1.29, 1.82) is 0 Å². The molecule has 7 heteroatoms. The quantitative estimate of drug-likeness (QED) is 0.757. The molecule has 0 unspecified atom stereocenters. The van der Waals surface area contributed by atoms with Crippen LogP contribution in [-0.2, 0) is 14.8 Å². The molecule has 3 rings (SSSR count). The van der Waals surface area contributed by atoms with Crippen LogP contribution in [0.4, 0.5) is 4.79 Å². The van der Waals surface area contributed by atoms with E-state index < -0.39 is 21.7 Å². The highest BCUT2D eigenvalue weighted by atomic mass is 32.2.